The number of nitrogens with zero attached hydrogens (tertiary/aromatic N) is 2. The lowest BCUT2D eigenvalue weighted by Crippen LogP contribution is -2.41. The molecule has 0 radical (unpaired) electrons. The second-order valence-electron chi connectivity index (χ2n) is 12.1. The van der Waals surface area contributed by atoms with Crippen LogP contribution >= 0.6 is 0 Å². The number of aliphatic hydroxyl groups is 2. The first-order chi connectivity index (χ1) is 21.4. The Balaban J connectivity index is 1.33. The number of fused-ring (bicyclic) bond motifs is 2. The number of piperidine rings is 2. The molecule has 2 atom stereocenters. The second-order valence-corrected chi connectivity index (χ2v) is 12.1. The number of hydrogen-bond acceptors (Lipinski definition) is 8. The molecule has 2 aromatic carbocycles. The van der Waals surface area contributed by atoms with Crippen molar-refractivity contribution in [2.24, 2.45) is 0 Å². The Morgan fingerprint density at radius 3 is 1.52 bits per heavy atom. The van der Waals surface area contributed by atoms with Crippen LogP contribution in [0.25, 0.3) is 0 Å². The maximum Gasteiger partial charge on any atom is 0.225 e. The van der Waals surface area contributed by atoms with Crippen molar-refractivity contribution in [3.63, 3.8) is 0 Å². The summed E-state index contributed by atoms with van der Waals surface area (Å²) in [6.07, 6.45) is 8.12. The highest BCUT2D eigenvalue weighted by molar-refractivity contribution is 6.32. The minimum Gasteiger partial charge on any atom is -0.396 e. The highest BCUT2D eigenvalue weighted by Gasteiger charge is 2.35. The van der Waals surface area contributed by atoms with Gasteiger partial charge in [-0.05, 0) is 63.7 Å². The summed E-state index contributed by atoms with van der Waals surface area (Å²) in [5.74, 6) is -1.28. The normalized spacial score (nSPS) is 20.6. The van der Waals surface area contributed by atoms with Crippen LogP contribution in [-0.4, -0.2) is 94.9 Å². The topological polar surface area (TPSA) is 139 Å². The molecule has 44 heavy (non-hydrogen) atoms. The van der Waals surface area contributed by atoms with Crippen molar-refractivity contribution in [2.75, 3.05) is 50.0 Å². The van der Waals surface area contributed by atoms with Crippen molar-refractivity contribution in [3.8, 4) is 0 Å². The van der Waals surface area contributed by atoms with Crippen molar-refractivity contribution in [1.29, 1.82) is 0 Å². The highest BCUT2D eigenvalue weighted by atomic mass is 16.3. The van der Waals surface area contributed by atoms with E-state index >= 15 is 0 Å². The Morgan fingerprint density at radius 2 is 1.11 bits per heavy atom. The molecular formula is C34H44N4O6. The fourth-order valence-corrected chi connectivity index (χ4v) is 7.01. The number of aliphatic hydroxyl groups excluding tert-OH is 2. The number of benzene rings is 2. The van der Waals surface area contributed by atoms with Gasteiger partial charge in [0.15, 0.2) is 11.6 Å². The molecule has 236 valence electrons. The summed E-state index contributed by atoms with van der Waals surface area (Å²) in [6, 6.07) is 10.3. The molecule has 0 spiro atoms. The number of carbonyl (C=O) groups is 4. The number of hydrogen-bond donors (Lipinski definition) is 4. The standard InChI is InChI=1S/C34H44N4O6/c39-21-15-23-7-3-5-17-37(23)19-13-29(41)35-27-11-12-28(32-31(27)33(43)25-9-1-2-10-26(25)34(32)44)36-30(42)14-20-38-18-6-4-8-24(38)16-22-40/h1-2,9-12,23-24,39-40H,3-8,13-22H2,(H,35,41)(H,36,42). The molecule has 2 amide bonds. The van der Waals surface area contributed by atoms with Crippen LogP contribution in [0.4, 0.5) is 11.4 Å². The molecule has 1 aliphatic carbocycles. The van der Waals surface area contributed by atoms with Crippen molar-refractivity contribution < 1.29 is 29.4 Å². The molecule has 0 bridgehead atoms. The molecule has 2 saturated heterocycles. The summed E-state index contributed by atoms with van der Waals surface area (Å²) in [5.41, 5.74) is 1.22. The van der Waals surface area contributed by atoms with E-state index in [1.807, 2.05) is 0 Å². The fraction of sp³-hybridized carbons (Fsp3) is 0.529. The van der Waals surface area contributed by atoms with E-state index in [0.717, 1.165) is 51.6 Å². The van der Waals surface area contributed by atoms with Crippen molar-refractivity contribution >= 4 is 34.8 Å². The predicted octanol–water partition coefficient (Wildman–Crippen LogP) is 3.59. The Labute approximate surface area is 258 Å². The van der Waals surface area contributed by atoms with Crippen LogP contribution in [0.15, 0.2) is 36.4 Å². The van der Waals surface area contributed by atoms with E-state index in [-0.39, 0.29) is 95.1 Å². The third-order valence-electron chi connectivity index (χ3n) is 9.30. The summed E-state index contributed by atoms with van der Waals surface area (Å²) in [7, 11) is 0. The third kappa shape index (κ3) is 7.26. The van der Waals surface area contributed by atoms with E-state index in [1.54, 1.807) is 36.4 Å². The van der Waals surface area contributed by atoms with Crippen LogP contribution in [0.1, 0.15) is 96.1 Å². The molecule has 0 saturated carbocycles. The molecule has 0 aromatic heterocycles. The largest absolute Gasteiger partial charge is 0.396 e. The quantitative estimate of drug-likeness (QED) is 0.246. The number of nitrogens with one attached hydrogen (secondary N) is 2. The van der Waals surface area contributed by atoms with Gasteiger partial charge < -0.3 is 20.8 Å². The lowest BCUT2D eigenvalue weighted by molar-refractivity contribution is -0.117. The highest BCUT2D eigenvalue weighted by Crippen LogP contribution is 2.37. The van der Waals surface area contributed by atoms with Gasteiger partial charge in [-0.2, -0.15) is 0 Å². The van der Waals surface area contributed by atoms with Gasteiger partial charge in [-0.1, -0.05) is 37.1 Å². The number of carbonyl (C=O) groups excluding carboxylic acids is 4. The van der Waals surface area contributed by atoms with Crippen LogP contribution < -0.4 is 10.6 Å². The Kier molecular flexibility index (Phi) is 10.9. The van der Waals surface area contributed by atoms with Gasteiger partial charge in [-0.25, -0.2) is 0 Å². The lowest BCUT2D eigenvalue weighted by Gasteiger charge is -2.35. The van der Waals surface area contributed by atoms with Crippen LogP contribution in [-0.2, 0) is 9.59 Å². The molecular weight excluding hydrogens is 560 g/mol. The van der Waals surface area contributed by atoms with Crippen LogP contribution in [0.2, 0.25) is 0 Å². The molecule has 2 heterocycles. The van der Waals surface area contributed by atoms with E-state index in [1.165, 1.54) is 0 Å². The first kappa shape index (κ1) is 32.0. The molecule has 10 heteroatoms. The number of likely N-dealkylation sites (tertiary alicyclic amines) is 2. The maximum atomic E-state index is 13.8. The Morgan fingerprint density at radius 1 is 0.682 bits per heavy atom. The molecule has 3 aliphatic rings. The molecule has 10 nitrogen and oxygen atoms in total. The second kappa shape index (κ2) is 15.0. The van der Waals surface area contributed by atoms with E-state index in [4.69, 9.17) is 0 Å². The van der Waals surface area contributed by atoms with Gasteiger partial charge in [0, 0.05) is 62.4 Å². The molecule has 2 fully saturated rings. The average molecular weight is 605 g/mol. The lowest BCUT2D eigenvalue weighted by atomic mass is 9.82. The Bertz CT molecular complexity index is 1270. The fourth-order valence-electron chi connectivity index (χ4n) is 7.01. The first-order valence-electron chi connectivity index (χ1n) is 16.1. The number of amides is 2. The zero-order chi connectivity index (χ0) is 31.1. The average Bonchev–Trinajstić information content (AvgIpc) is 3.03. The summed E-state index contributed by atoms with van der Waals surface area (Å²) >= 11 is 0. The zero-order valence-electron chi connectivity index (χ0n) is 25.4. The first-order valence-corrected chi connectivity index (χ1v) is 16.1. The monoisotopic (exact) mass is 604 g/mol. The zero-order valence-corrected chi connectivity index (χ0v) is 25.4. The minimum absolute atomic E-state index is 0.0926. The van der Waals surface area contributed by atoms with E-state index < -0.39 is 0 Å². The Hall–Kier alpha value is -3.44. The van der Waals surface area contributed by atoms with E-state index in [2.05, 4.69) is 20.4 Å². The summed E-state index contributed by atoms with van der Waals surface area (Å²) in [5, 5.41) is 24.6. The molecule has 2 aromatic rings. The van der Waals surface area contributed by atoms with Gasteiger partial charge in [0.2, 0.25) is 11.8 Å². The summed E-state index contributed by atoms with van der Waals surface area (Å²) < 4.78 is 0. The smallest absolute Gasteiger partial charge is 0.225 e. The SMILES string of the molecule is O=C(CCN1CCCCC1CCO)Nc1ccc(NC(=O)CCN2CCCCC2CCO)c2c1C(=O)c1ccccc1C2=O. The minimum atomic E-state index is -0.374. The van der Waals surface area contributed by atoms with Gasteiger partial charge in [0.05, 0.1) is 22.5 Å². The number of ketones is 2. The molecule has 4 N–H and O–H groups in total. The van der Waals surface area contributed by atoms with Gasteiger partial charge in [-0.3, -0.25) is 29.0 Å². The van der Waals surface area contributed by atoms with Crippen LogP contribution in [0, 0.1) is 0 Å². The van der Waals surface area contributed by atoms with Crippen molar-refractivity contribution in [2.45, 2.75) is 76.3 Å². The maximum absolute atomic E-state index is 13.8. The van der Waals surface area contributed by atoms with Gasteiger partial charge in [-0.15, -0.1) is 0 Å². The predicted molar refractivity (Wildman–Crippen MR) is 168 cm³/mol. The summed E-state index contributed by atoms with van der Waals surface area (Å²) in [4.78, 5) is 58.3. The van der Waals surface area contributed by atoms with Gasteiger partial charge >= 0.3 is 0 Å². The van der Waals surface area contributed by atoms with E-state index in [9.17, 15) is 29.4 Å². The molecule has 2 unspecified atom stereocenters. The third-order valence-corrected chi connectivity index (χ3v) is 9.30. The number of rotatable bonds is 12. The summed E-state index contributed by atoms with van der Waals surface area (Å²) in [6.45, 7) is 3.07. The molecule has 2 aliphatic heterocycles. The van der Waals surface area contributed by atoms with Crippen LogP contribution in [0.3, 0.4) is 0 Å². The van der Waals surface area contributed by atoms with Crippen molar-refractivity contribution in [3.05, 3.63) is 58.7 Å². The number of anilines is 2. The van der Waals surface area contributed by atoms with E-state index in [0.29, 0.717) is 25.9 Å². The van der Waals surface area contributed by atoms with Crippen molar-refractivity contribution in [1.82, 2.24) is 9.80 Å². The molecule has 5 rings (SSSR count). The van der Waals surface area contributed by atoms with Gasteiger partial charge in [0.25, 0.3) is 0 Å². The van der Waals surface area contributed by atoms with Gasteiger partial charge in [0.1, 0.15) is 0 Å². The van der Waals surface area contributed by atoms with Crippen LogP contribution in [0.5, 0.6) is 0 Å².